The molecule has 3 aromatic rings. The molecule has 1 aliphatic heterocycles. The summed E-state index contributed by atoms with van der Waals surface area (Å²) in [6, 6.07) is 5.32. The van der Waals surface area contributed by atoms with Crippen molar-refractivity contribution >= 4 is 33.4 Å². The molecule has 0 saturated carbocycles. The molecule has 0 aliphatic carbocycles. The van der Waals surface area contributed by atoms with E-state index in [1.54, 1.807) is 11.6 Å². The average molecular weight is 385 g/mol. The van der Waals surface area contributed by atoms with Gasteiger partial charge in [0.05, 0.1) is 16.6 Å². The van der Waals surface area contributed by atoms with Gasteiger partial charge in [0.1, 0.15) is 10.9 Å². The third kappa shape index (κ3) is 2.93. The highest BCUT2D eigenvalue weighted by atomic mass is 32.1. The Morgan fingerprint density at radius 1 is 1.37 bits per heavy atom. The minimum Gasteiger partial charge on any atom is -0.348 e. The van der Waals surface area contributed by atoms with Gasteiger partial charge in [0.25, 0.3) is 5.91 Å². The molecular weight excluding hydrogens is 362 g/mol. The Morgan fingerprint density at radius 3 is 2.89 bits per heavy atom. The summed E-state index contributed by atoms with van der Waals surface area (Å²) >= 11 is 1.39. The lowest BCUT2D eigenvalue weighted by atomic mass is 10.1. The predicted molar refractivity (Wildman–Crippen MR) is 105 cm³/mol. The van der Waals surface area contributed by atoms with Gasteiger partial charge in [-0.25, -0.2) is 0 Å². The first-order chi connectivity index (χ1) is 12.9. The van der Waals surface area contributed by atoms with Crippen LogP contribution < -0.4 is 5.32 Å². The number of fused-ring (bicyclic) bond motifs is 2. The molecule has 4 heterocycles. The largest absolute Gasteiger partial charge is 0.348 e. The summed E-state index contributed by atoms with van der Waals surface area (Å²) in [4.78, 5) is 29.0. The van der Waals surface area contributed by atoms with E-state index in [0.29, 0.717) is 11.4 Å². The lowest BCUT2D eigenvalue weighted by molar-refractivity contribution is -0.136. The van der Waals surface area contributed by atoms with Crippen molar-refractivity contribution in [2.24, 2.45) is 7.05 Å². The second-order valence-electron chi connectivity index (χ2n) is 7.07. The number of aryl methyl sites for hydroxylation is 2. The molecule has 2 atom stereocenters. The molecule has 142 valence electrons. The molecule has 27 heavy (non-hydrogen) atoms. The fourth-order valence-corrected chi connectivity index (χ4v) is 4.80. The summed E-state index contributed by atoms with van der Waals surface area (Å²) in [7, 11) is 1.87. The Labute approximate surface area is 161 Å². The maximum atomic E-state index is 12.9. The van der Waals surface area contributed by atoms with Crippen molar-refractivity contribution in [2.45, 2.75) is 39.4 Å². The maximum absolute atomic E-state index is 12.9. The normalized spacial score (nSPS) is 17.8. The monoisotopic (exact) mass is 385 g/mol. The fourth-order valence-electron chi connectivity index (χ4n) is 3.78. The number of amides is 2. The summed E-state index contributed by atoms with van der Waals surface area (Å²) in [5, 5.41) is 8.20. The molecule has 7 nitrogen and oxygen atoms in total. The molecular formula is C19H23N5O2S. The van der Waals surface area contributed by atoms with Crippen LogP contribution in [0.15, 0.2) is 24.4 Å². The fraction of sp³-hybridized carbons (Fsp3) is 0.421. The van der Waals surface area contributed by atoms with E-state index in [9.17, 15) is 9.59 Å². The highest BCUT2D eigenvalue weighted by Crippen LogP contribution is 2.28. The van der Waals surface area contributed by atoms with Crippen molar-refractivity contribution < 1.29 is 9.59 Å². The summed E-state index contributed by atoms with van der Waals surface area (Å²) in [5.74, 6) is -0.272. The molecule has 1 N–H and O–H groups in total. The molecule has 0 saturated heterocycles. The number of hydrogen-bond donors (Lipinski definition) is 1. The molecule has 0 radical (unpaired) electrons. The van der Waals surface area contributed by atoms with Gasteiger partial charge in [0.2, 0.25) is 5.91 Å². The first-order valence-electron chi connectivity index (χ1n) is 9.06. The minimum atomic E-state index is -0.578. The zero-order valence-corrected chi connectivity index (χ0v) is 16.7. The topological polar surface area (TPSA) is 72.2 Å². The number of carbonyl (C=O) groups is 2. The number of hydrogen-bond acceptors (Lipinski definition) is 4. The van der Waals surface area contributed by atoms with E-state index in [1.807, 2.05) is 50.2 Å². The third-order valence-electron chi connectivity index (χ3n) is 5.26. The lowest BCUT2D eigenvalue weighted by Crippen LogP contribution is -2.50. The number of thiophene rings is 1. The standard InChI is InChI=1S/C19H23N5O2S/c1-11-14-10-16(27-19(14)22(4)21-11)17(25)20-12(2)18(26)24-9-8-23-7-5-6-15(23)13(24)3/h5-7,10,12-13H,8-9H2,1-4H3,(H,20,25)/t12-,13-/m0/s1. The Morgan fingerprint density at radius 2 is 2.15 bits per heavy atom. The van der Waals surface area contributed by atoms with Gasteiger partial charge in [-0.05, 0) is 39.0 Å². The van der Waals surface area contributed by atoms with Crippen molar-refractivity contribution in [1.82, 2.24) is 24.6 Å². The lowest BCUT2D eigenvalue weighted by Gasteiger charge is -2.36. The molecule has 4 rings (SSSR count). The Bertz CT molecular complexity index is 996. The van der Waals surface area contributed by atoms with Crippen LogP contribution in [0.1, 0.15) is 40.9 Å². The van der Waals surface area contributed by atoms with E-state index >= 15 is 0 Å². The van der Waals surface area contributed by atoms with E-state index in [-0.39, 0.29) is 17.9 Å². The predicted octanol–water partition coefficient (Wildman–Crippen LogP) is 2.47. The van der Waals surface area contributed by atoms with Crippen molar-refractivity contribution in [1.29, 1.82) is 0 Å². The first-order valence-corrected chi connectivity index (χ1v) is 9.88. The van der Waals surface area contributed by atoms with Crippen LogP contribution in [-0.4, -0.2) is 43.6 Å². The summed E-state index contributed by atoms with van der Waals surface area (Å²) < 4.78 is 3.95. The smallest absolute Gasteiger partial charge is 0.262 e. The van der Waals surface area contributed by atoms with Crippen LogP contribution in [0.3, 0.4) is 0 Å². The molecule has 0 bridgehead atoms. The van der Waals surface area contributed by atoms with Gasteiger partial charge in [0.15, 0.2) is 0 Å². The van der Waals surface area contributed by atoms with Gasteiger partial charge in [-0.3, -0.25) is 14.3 Å². The Balaban J connectivity index is 1.48. The molecule has 3 aromatic heterocycles. The van der Waals surface area contributed by atoms with Crippen molar-refractivity contribution in [2.75, 3.05) is 6.54 Å². The number of nitrogens with zero attached hydrogens (tertiary/aromatic N) is 4. The molecule has 0 fully saturated rings. The summed E-state index contributed by atoms with van der Waals surface area (Å²) in [6.45, 7) is 7.13. The SMILES string of the molecule is Cc1nn(C)c2sc(C(=O)N[C@@H](C)C(=O)N3CCn4cccc4[C@@H]3C)cc12. The van der Waals surface area contributed by atoms with Crippen molar-refractivity contribution in [3.05, 3.63) is 40.7 Å². The Kier molecular flexibility index (Phi) is 4.30. The van der Waals surface area contributed by atoms with Crippen molar-refractivity contribution in [3.63, 3.8) is 0 Å². The van der Waals surface area contributed by atoms with Crippen molar-refractivity contribution in [3.8, 4) is 0 Å². The molecule has 0 spiro atoms. The van der Waals surface area contributed by atoms with E-state index in [4.69, 9.17) is 0 Å². The van der Waals surface area contributed by atoms with Crippen LogP contribution in [0.5, 0.6) is 0 Å². The van der Waals surface area contributed by atoms with Crippen LogP contribution in [0.4, 0.5) is 0 Å². The van der Waals surface area contributed by atoms with Crippen LogP contribution in [0, 0.1) is 6.92 Å². The van der Waals surface area contributed by atoms with E-state index < -0.39 is 6.04 Å². The second-order valence-corrected chi connectivity index (χ2v) is 8.10. The number of nitrogens with one attached hydrogen (secondary N) is 1. The molecule has 1 aliphatic rings. The number of carbonyl (C=O) groups excluding carboxylic acids is 2. The van der Waals surface area contributed by atoms with Crippen LogP contribution in [-0.2, 0) is 18.4 Å². The van der Waals surface area contributed by atoms with Crippen LogP contribution in [0.2, 0.25) is 0 Å². The highest BCUT2D eigenvalue weighted by molar-refractivity contribution is 7.20. The van der Waals surface area contributed by atoms with Crippen LogP contribution in [0.25, 0.3) is 10.2 Å². The van der Waals surface area contributed by atoms with E-state index in [0.717, 1.165) is 28.1 Å². The average Bonchev–Trinajstić information content (AvgIpc) is 3.33. The molecule has 0 aromatic carbocycles. The number of rotatable bonds is 3. The van der Waals surface area contributed by atoms with E-state index in [2.05, 4.69) is 15.0 Å². The molecule has 2 amide bonds. The van der Waals surface area contributed by atoms with Gasteiger partial charge < -0.3 is 14.8 Å². The minimum absolute atomic E-state index is 0.00125. The van der Waals surface area contributed by atoms with Gasteiger partial charge in [0, 0.05) is 37.4 Å². The highest BCUT2D eigenvalue weighted by Gasteiger charge is 2.31. The van der Waals surface area contributed by atoms with E-state index in [1.165, 1.54) is 11.3 Å². The third-order valence-corrected chi connectivity index (χ3v) is 6.46. The van der Waals surface area contributed by atoms with Gasteiger partial charge >= 0.3 is 0 Å². The Hall–Kier alpha value is -2.61. The summed E-state index contributed by atoms with van der Waals surface area (Å²) in [6.07, 6.45) is 2.04. The quantitative estimate of drug-likeness (QED) is 0.753. The zero-order valence-electron chi connectivity index (χ0n) is 15.9. The molecule has 8 heteroatoms. The first kappa shape index (κ1) is 17.8. The van der Waals surface area contributed by atoms with Gasteiger partial charge in [-0.15, -0.1) is 11.3 Å². The number of aromatic nitrogens is 3. The van der Waals surface area contributed by atoms with Gasteiger partial charge in [-0.1, -0.05) is 0 Å². The summed E-state index contributed by atoms with van der Waals surface area (Å²) in [5.41, 5.74) is 2.03. The van der Waals surface area contributed by atoms with Crippen LogP contribution >= 0.6 is 11.3 Å². The second kappa shape index (κ2) is 6.53. The molecule has 0 unspecified atom stereocenters. The zero-order chi connectivity index (χ0) is 19.3. The van der Waals surface area contributed by atoms with Gasteiger partial charge in [-0.2, -0.15) is 5.10 Å². The maximum Gasteiger partial charge on any atom is 0.262 e.